The van der Waals surface area contributed by atoms with Gasteiger partial charge in [-0.15, -0.1) is 0 Å². The van der Waals surface area contributed by atoms with Gasteiger partial charge in [-0.2, -0.15) is 0 Å². The second-order valence-corrected chi connectivity index (χ2v) is 7.06. The summed E-state index contributed by atoms with van der Waals surface area (Å²) in [5.74, 6) is -0.901. The molecule has 0 saturated carbocycles. The highest BCUT2D eigenvalue weighted by molar-refractivity contribution is 5.83. The second kappa shape index (κ2) is 7.54. The number of halogens is 2. The average molecular weight is 415 g/mol. The largest absolute Gasteiger partial charge is 0.483 e. The van der Waals surface area contributed by atoms with E-state index in [-0.39, 0.29) is 24.3 Å². The molecule has 0 radical (unpaired) electrons. The van der Waals surface area contributed by atoms with E-state index in [1.165, 1.54) is 6.20 Å². The molecule has 3 aromatic heterocycles. The Morgan fingerprint density at radius 1 is 1.06 bits per heavy atom. The number of imidazole rings is 1. The van der Waals surface area contributed by atoms with Gasteiger partial charge in [-0.25, -0.2) is 18.6 Å². The molecule has 0 unspecified atom stereocenters. The minimum Gasteiger partial charge on any atom is -0.483 e. The molecular weight excluding hydrogens is 400 g/mol. The number of para-hydroxylation sites is 2. The lowest BCUT2D eigenvalue weighted by atomic mass is 10.0. The number of hydrogen-bond donors (Lipinski definition) is 2. The molecule has 0 saturated heterocycles. The van der Waals surface area contributed by atoms with E-state index in [1.54, 1.807) is 12.3 Å². The fourth-order valence-electron chi connectivity index (χ4n) is 3.50. The predicted octanol–water partition coefficient (Wildman–Crippen LogP) is 5.44. The Labute approximate surface area is 175 Å². The number of hydrogen-bond acceptors (Lipinski definition) is 3. The van der Waals surface area contributed by atoms with Gasteiger partial charge >= 0.3 is 0 Å². The zero-order valence-corrected chi connectivity index (χ0v) is 16.1. The van der Waals surface area contributed by atoms with Crippen molar-refractivity contribution in [2.45, 2.75) is 13.0 Å². The normalized spacial score (nSPS) is 11.1. The van der Waals surface area contributed by atoms with E-state index in [0.717, 1.165) is 28.7 Å². The van der Waals surface area contributed by atoms with E-state index in [2.05, 4.69) is 24.8 Å². The maximum atomic E-state index is 14.7. The van der Waals surface area contributed by atoms with Gasteiger partial charge in [0.1, 0.15) is 23.9 Å². The summed E-state index contributed by atoms with van der Waals surface area (Å²) in [5.41, 5.74) is 3.50. The Morgan fingerprint density at radius 2 is 1.94 bits per heavy atom. The van der Waals surface area contributed by atoms with E-state index in [1.807, 2.05) is 24.3 Å². The van der Waals surface area contributed by atoms with Crippen LogP contribution in [-0.4, -0.2) is 19.9 Å². The standard InChI is InChI=1S/C23H15F2N5O/c1-26-15-8-16-14(10-27-23(16)28-11-15)6-13-7-18(25)21(9-17(13)24)31-12-22-29-19-4-2-3-5-20(19)30-22/h2-5,7-11H,6,12H2,(H,27,28)(H,29,30). The van der Waals surface area contributed by atoms with Gasteiger partial charge in [-0.1, -0.05) is 12.1 Å². The summed E-state index contributed by atoms with van der Waals surface area (Å²) in [4.78, 5) is 18.0. The van der Waals surface area contributed by atoms with Crippen molar-refractivity contribution in [3.05, 3.63) is 94.9 Å². The van der Waals surface area contributed by atoms with Crippen LogP contribution in [0.25, 0.3) is 26.9 Å². The van der Waals surface area contributed by atoms with Crippen LogP contribution in [0.4, 0.5) is 14.5 Å². The molecule has 2 aromatic carbocycles. The summed E-state index contributed by atoms with van der Waals surface area (Å²) in [6, 6.07) is 11.3. The lowest BCUT2D eigenvalue weighted by Gasteiger charge is -2.09. The number of ether oxygens (including phenoxy) is 1. The first kappa shape index (κ1) is 18.8. The SMILES string of the molecule is [C-]#[N+]c1cnc2[nH]cc(Cc3cc(F)c(OCc4nc5ccccc5[nH]4)cc3F)c2c1. The zero-order chi connectivity index (χ0) is 21.4. The maximum Gasteiger partial charge on any atom is 0.205 e. The number of H-pyrrole nitrogens is 2. The highest BCUT2D eigenvalue weighted by atomic mass is 19.1. The third-order valence-electron chi connectivity index (χ3n) is 5.02. The maximum absolute atomic E-state index is 14.7. The summed E-state index contributed by atoms with van der Waals surface area (Å²) in [7, 11) is 0. The number of aromatic nitrogens is 4. The number of aromatic amines is 2. The first-order chi connectivity index (χ1) is 15.1. The number of pyridine rings is 1. The minimum atomic E-state index is -0.660. The van der Waals surface area contributed by atoms with Crippen molar-refractivity contribution in [1.29, 1.82) is 0 Å². The monoisotopic (exact) mass is 415 g/mol. The zero-order valence-electron chi connectivity index (χ0n) is 16.1. The van der Waals surface area contributed by atoms with Gasteiger partial charge in [0.15, 0.2) is 11.6 Å². The lowest BCUT2D eigenvalue weighted by Crippen LogP contribution is -2.02. The molecule has 2 N–H and O–H groups in total. The Morgan fingerprint density at radius 3 is 2.77 bits per heavy atom. The molecule has 5 aromatic rings. The fraction of sp³-hybridized carbons (Fsp3) is 0.0870. The molecule has 0 atom stereocenters. The lowest BCUT2D eigenvalue weighted by molar-refractivity contribution is 0.280. The molecule has 8 heteroatoms. The molecule has 152 valence electrons. The van der Waals surface area contributed by atoms with Gasteiger partial charge in [0.05, 0.1) is 17.6 Å². The predicted molar refractivity (Wildman–Crippen MR) is 112 cm³/mol. The van der Waals surface area contributed by atoms with Crippen molar-refractivity contribution in [2.24, 2.45) is 0 Å². The summed E-state index contributed by atoms with van der Waals surface area (Å²) < 4.78 is 34.8. The highest BCUT2D eigenvalue weighted by Crippen LogP contribution is 2.28. The molecule has 3 heterocycles. The molecular formula is C23H15F2N5O. The Bertz CT molecular complexity index is 1430. The number of rotatable bonds is 5. The van der Waals surface area contributed by atoms with Crippen LogP contribution < -0.4 is 4.74 Å². The molecule has 0 aliphatic carbocycles. The number of benzene rings is 2. The van der Waals surface area contributed by atoms with E-state index in [9.17, 15) is 8.78 Å². The summed E-state index contributed by atoms with van der Waals surface area (Å²) >= 11 is 0. The average Bonchev–Trinajstić information content (AvgIpc) is 3.38. The van der Waals surface area contributed by atoms with E-state index < -0.39 is 11.6 Å². The number of nitrogens with zero attached hydrogens (tertiary/aromatic N) is 3. The quantitative estimate of drug-likeness (QED) is 0.376. The molecule has 0 bridgehead atoms. The molecule has 5 rings (SSSR count). The smallest absolute Gasteiger partial charge is 0.205 e. The Balaban J connectivity index is 1.37. The molecule has 0 amide bonds. The highest BCUT2D eigenvalue weighted by Gasteiger charge is 2.15. The first-order valence-corrected chi connectivity index (χ1v) is 9.48. The van der Waals surface area contributed by atoms with E-state index >= 15 is 0 Å². The number of nitrogens with one attached hydrogen (secondary N) is 2. The van der Waals surface area contributed by atoms with E-state index in [0.29, 0.717) is 22.5 Å². The van der Waals surface area contributed by atoms with Crippen LogP contribution in [0, 0.1) is 18.2 Å². The van der Waals surface area contributed by atoms with Gasteiger partial charge in [0.25, 0.3) is 0 Å². The summed E-state index contributed by atoms with van der Waals surface area (Å²) in [6.45, 7) is 7.11. The van der Waals surface area contributed by atoms with E-state index in [4.69, 9.17) is 11.3 Å². The van der Waals surface area contributed by atoms with Crippen molar-refractivity contribution < 1.29 is 13.5 Å². The Hall–Kier alpha value is -4.25. The molecule has 0 spiro atoms. The number of fused-ring (bicyclic) bond motifs is 2. The second-order valence-electron chi connectivity index (χ2n) is 7.06. The molecule has 0 aliphatic heterocycles. The van der Waals surface area contributed by atoms with Crippen LogP contribution in [0.15, 0.2) is 54.9 Å². The molecule has 0 fully saturated rings. The third-order valence-corrected chi connectivity index (χ3v) is 5.02. The molecule has 31 heavy (non-hydrogen) atoms. The van der Waals surface area contributed by atoms with Crippen LogP contribution in [0.1, 0.15) is 17.0 Å². The van der Waals surface area contributed by atoms with Crippen molar-refractivity contribution in [3.63, 3.8) is 0 Å². The van der Waals surface area contributed by atoms with Gasteiger partial charge in [-0.05, 0) is 35.4 Å². The molecule has 6 nitrogen and oxygen atoms in total. The third kappa shape index (κ3) is 3.57. The fourth-order valence-corrected chi connectivity index (χ4v) is 3.50. The van der Waals surface area contributed by atoms with Crippen LogP contribution in [0.3, 0.4) is 0 Å². The van der Waals surface area contributed by atoms with Gasteiger partial charge in [0, 0.05) is 30.3 Å². The van der Waals surface area contributed by atoms with Crippen LogP contribution in [0.2, 0.25) is 0 Å². The molecule has 0 aliphatic rings. The van der Waals surface area contributed by atoms with Crippen LogP contribution in [0.5, 0.6) is 5.75 Å². The van der Waals surface area contributed by atoms with Crippen molar-refractivity contribution in [3.8, 4) is 5.75 Å². The van der Waals surface area contributed by atoms with Crippen LogP contribution in [-0.2, 0) is 13.0 Å². The van der Waals surface area contributed by atoms with Crippen molar-refractivity contribution in [1.82, 2.24) is 19.9 Å². The topological polar surface area (TPSA) is 70.9 Å². The van der Waals surface area contributed by atoms with Crippen LogP contribution >= 0.6 is 0 Å². The summed E-state index contributed by atoms with van der Waals surface area (Å²) in [5, 5.41) is 0.707. The van der Waals surface area contributed by atoms with Gasteiger partial charge in [0.2, 0.25) is 5.69 Å². The first-order valence-electron chi connectivity index (χ1n) is 9.48. The summed E-state index contributed by atoms with van der Waals surface area (Å²) in [6.07, 6.45) is 3.30. The van der Waals surface area contributed by atoms with Crippen molar-refractivity contribution >= 4 is 27.8 Å². The minimum absolute atomic E-state index is 0.0160. The van der Waals surface area contributed by atoms with Gasteiger partial charge < -0.3 is 14.7 Å². The Kier molecular flexibility index (Phi) is 4.56. The van der Waals surface area contributed by atoms with Gasteiger partial charge in [-0.3, -0.25) is 4.98 Å². The van der Waals surface area contributed by atoms with Crippen molar-refractivity contribution in [2.75, 3.05) is 0 Å².